The Balaban J connectivity index is 1.26. The number of rotatable bonds is 5. The first-order chi connectivity index (χ1) is 21.2. The van der Waals surface area contributed by atoms with Crippen molar-refractivity contribution in [2.24, 2.45) is 15.0 Å². The highest BCUT2D eigenvalue weighted by atomic mass is 19.4. The molecule has 6 rings (SSSR count). The van der Waals surface area contributed by atoms with Crippen LogP contribution in [0.5, 0.6) is 0 Å². The smallest absolute Gasteiger partial charge is 0.417 e. The summed E-state index contributed by atoms with van der Waals surface area (Å²) in [6.45, 7) is 2.19. The summed E-state index contributed by atoms with van der Waals surface area (Å²) in [5.74, 6) is -1.35. The Labute approximate surface area is 252 Å². The van der Waals surface area contributed by atoms with Gasteiger partial charge in [0.15, 0.2) is 17.5 Å². The van der Waals surface area contributed by atoms with Gasteiger partial charge in [-0.1, -0.05) is 48.1 Å². The van der Waals surface area contributed by atoms with Crippen LogP contribution in [-0.2, 0) is 10.9 Å². The molecule has 0 aromatic heterocycles. The second-order valence-corrected chi connectivity index (χ2v) is 11.1. The largest absolute Gasteiger partial charge is 0.498 e. The van der Waals surface area contributed by atoms with Crippen LogP contribution >= 0.6 is 0 Å². The molecule has 0 amide bonds. The van der Waals surface area contributed by atoms with Crippen LogP contribution in [0.4, 0.5) is 22.0 Å². The van der Waals surface area contributed by atoms with Crippen LogP contribution < -0.4 is 0 Å². The molecule has 226 valence electrons. The minimum absolute atomic E-state index is 0.0278. The molecule has 1 atom stereocenters. The zero-order valence-corrected chi connectivity index (χ0v) is 24.1. The Morgan fingerprint density at radius 2 is 1.84 bits per heavy atom. The van der Waals surface area contributed by atoms with Crippen LogP contribution in [0, 0.1) is 11.6 Å². The summed E-state index contributed by atoms with van der Waals surface area (Å²) in [5, 5.41) is 0. The Morgan fingerprint density at radius 3 is 2.64 bits per heavy atom. The van der Waals surface area contributed by atoms with E-state index in [0.29, 0.717) is 60.6 Å². The summed E-state index contributed by atoms with van der Waals surface area (Å²) in [6.07, 6.45) is 10.2. The topological polar surface area (TPSA) is 46.3 Å². The van der Waals surface area contributed by atoms with Gasteiger partial charge in [-0.25, -0.2) is 18.8 Å². The number of alkyl halides is 3. The summed E-state index contributed by atoms with van der Waals surface area (Å²) in [5.41, 5.74) is 3.08. The van der Waals surface area contributed by atoms with Gasteiger partial charge < -0.3 is 4.74 Å². The summed E-state index contributed by atoms with van der Waals surface area (Å²) in [7, 11) is 0. The fourth-order valence-corrected chi connectivity index (χ4v) is 5.70. The van der Waals surface area contributed by atoms with Gasteiger partial charge in [-0.05, 0) is 79.2 Å². The van der Waals surface area contributed by atoms with Crippen LogP contribution in [-0.4, -0.2) is 30.4 Å². The van der Waals surface area contributed by atoms with Crippen LogP contribution in [0.3, 0.4) is 0 Å². The van der Waals surface area contributed by atoms with E-state index in [1.807, 2.05) is 31.2 Å². The summed E-state index contributed by atoms with van der Waals surface area (Å²) < 4.78 is 77.4. The van der Waals surface area contributed by atoms with E-state index >= 15 is 0 Å². The van der Waals surface area contributed by atoms with Crippen molar-refractivity contribution in [3.63, 3.8) is 0 Å². The maximum atomic E-state index is 14.4. The second kappa shape index (κ2) is 12.3. The molecule has 2 aromatic rings. The lowest BCUT2D eigenvalue weighted by molar-refractivity contribution is -0.137. The van der Waals surface area contributed by atoms with Crippen molar-refractivity contribution in [1.29, 1.82) is 0 Å². The van der Waals surface area contributed by atoms with Gasteiger partial charge in [-0.2, -0.15) is 13.2 Å². The standard InChI is InChI=1S/C35H30F5N3O/c1-21-15-16-44-25(19-28(21)26-14-13-23(17-29(26)35(38,39)40)22-7-3-2-4-8-22)18-24-9-5-12-31-32(20-41-24)43-34(42-31)27-10-6-11-30(36)33(27)37/h3,6-8,10-14,17,19-20,24H,2,4-5,9,15-16,18H2,1H3. The van der Waals surface area contributed by atoms with E-state index in [-0.39, 0.29) is 23.0 Å². The molecule has 1 aliphatic carbocycles. The SMILES string of the molecule is CC1=C(c2ccc(C3=CCCC=C3)cc2C(F)(F)F)C=C(CC2CCC=C3N=C(c4cccc(F)c4F)N=C3C=N2)OCC1. The number of amidine groups is 1. The molecule has 3 aliphatic heterocycles. The molecular weight excluding hydrogens is 573 g/mol. The first-order valence-electron chi connectivity index (χ1n) is 14.6. The molecule has 44 heavy (non-hydrogen) atoms. The lowest BCUT2D eigenvalue weighted by atomic mass is 9.90. The predicted molar refractivity (Wildman–Crippen MR) is 164 cm³/mol. The van der Waals surface area contributed by atoms with Gasteiger partial charge in [0.25, 0.3) is 0 Å². The summed E-state index contributed by atoms with van der Waals surface area (Å²) in [6, 6.07) is 8.19. The number of hydrogen-bond acceptors (Lipinski definition) is 4. The molecule has 0 spiro atoms. The highest BCUT2D eigenvalue weighted by Crippen LogP contribution is 2.40. The fourth-order valence-electron chi connectivity index (χ4n) is 5.70. The molecule has 1 unspecified atom stereocenters. The van der Waals surface area contributed by atoms with E-state index in [0.717, 1.165) is 30.1 Å². The second-order valence-electron chi connectivity index (χ2n) is 11.1. The first kappa shape index (κ1) is 29.7. The van der Waals surface area contributed by atoms with Gasteiger partial charge in [-0.15, -0.1) is 0 Å². The van der Waals surface area contributed by atoms with Gasteiger partial charge in [0.2, 0.25) is 0 Å². The highest BCUT2D eigenvalue weighted by molar-refractivity contribution is 6.43. The lowest BCUT2D eigenvalue weighted by Crippen LogP contribution is -2.13. The monoisotopic (exact) mass is 603 g/mol. The number of fused-ring (bicyclic) bond motifs is 1. The van der Waals surface area contributed by atoms with E-state index in [1.54, 1.807) is 24.4 Å². The molecule has 4 nitrogen and oxygen atoms in total. The van der Waals surface area contributed by atoms with Crippen molar-refractivity contribution >= 4 is 28.9 Å². The van der Waals surface area contributed by atoms with E-state index in [4.69, 9.17) is 4.74 Å². The van der Waals surface area contributed by atoms with Crippen molar-refractivity contribution in [3.05, 3.63) is 118 Å². The van der Waals surface area contributed by atoms with Crippen molar-refractivity contribution in [1.82, 2.24) is 0 Å². The van der Waals surface area contributed by atoms with Crippen molar-refractivity contribution in [2.75, 3.05) is 6.61 Å². The Bertz CT molecular complexity index is 1740. The fraction of sp³-hybridized carbons (Fsp3) is 0.286. The van der Waals surface area contributed by atoms with Gasteiger partial charge in [0.1, 0.15) is 5.71 Å². The number of halogens is 5. The third-order valence-electron chi connectivity index (χ3n) is 8.06. The van der Waals surface area contributed by atoms with E-state index < -0.39 is 23.4 Å². The van der Waals surface area contributed by atoms with E-state index in [2.05, 4.69) is 15.0 Å². The molecule has 9 heteroatoms. The molecule has 0 radical (unpaired) electrons. The molecular formula is C35H30F5N3O. The molecule has 0 saturated heterocycles. The highest BCUT2D eigenvalue weighted by Gasteiger charge is 2.35. The zero-order chi connectivity index (χ0) is 30.8. The number of benzene rings is 2. The van der Waals surface area contributed by atoms with Gasteiger partial charge in [-0.3, -0.25) is 4.99 Å². The van der Waals surface area contributed by atoms with Crippen LogP contribution in [0.2, 0.25) is 0 Å². The molecule has 0 saturated carbocycles. The normalized spacial score (nSPS) is 20.4. The Hall–Kier alpha value is -4.40. The third-order valence-corrected chi connectivity index (χ3v) is 8.06. The average Bonchev–Trinajstić information content (AvgIpc) is 3.29. The summed E-state index contributed by atoms with van der Waals surface area (Å²) >= 11 is 0. The Morgan fingerprint density at radius 1 is 0.977 bits per heavy atom. The quantitative estimate of drug-likeness (QED) is 0.314. The van der Waals surface area contributed by atoms with Gasteiger partial charge >= 0.3 is 6.18 Å². The van der Waals surface area contributed by atoms with E-state index in [9.17, 15) is 22.0 Å². The zero-order valence-electron chi connectivity index (χ0n) is 24.1. The van der Waals surface area contributed by atoms with Crippen LogP contribution in [0.15, 0.2) is 98.8 Å². The maximum absolute atomic E-state index is 14.4. The predicted octanol–water partition coefficient (Wildman–Crippen LogP) is 9.20. The van der Waals surface area contributed by atoms with Gasteiger partial charge in [0, 0.05) is 19.1 Å². The van der Waals surface area contributed by atoms with Crippen molar-refractivity contribution in [3.8, 4) is 0 Å². The minimum Gasteiger partial charge on any atom is -0.498 e. The maximum Gasteiger partial charge on any atom is 0.417 e. The third kappa shape index (κ3) is 6.27. The number of ether oxygens (including phenoxy) is 1. The minimum atomic E-state index is -4.54. The lowest BCUT2D eigenvalue weighted by Gasteiger charge is -2.19. The van der Waals surface area contributed by atoms with Gasteiger partial charge in [0.05, 0.1) is 35.2 Å². The van der Waals surface area contributed by atoms with Crippen molar-refractivity contribution in [2.45, 2.75) is 57.7 Å². The number of allylic oxidation sites excluding steroid dienone is 8. The average molecular weight is 604 g/mol. The molecule has 0 fully saturated rings. The first-order valence-corrected chi connectivity index (χ1v) is 14.6. The van der Waals surface area contributed by atoms with Crippen LogP contribution in [0.1, 0.15) is 67.7 Å². The molecule has 0 N–H and O–H groups in total. The summed E-state index contributed by atoms with van der Waals surface area (Å²) in [4.78, 5) is 13.5. The molecule has 0 bridgehead atoms. The molecule has 3 heterocycles. The number of hydrogen-bond donors (Lipinski definition) is 0. The van der Waals surface area contributed by atoms with Crippen molar-refractivity contribution < 1.29 is 26.7 Å². The number of aliphatic imine (C=N–C) groups is 3. The van der Waals surface area contributed by atoms with E-state index in [1.165, 1.54) is 18.2 Å². The van der Waals surface area contributed by atoms with Crippen LogP contribution in [0.25, 0.3) is 11.1 Å². The molecule has 2 aromatic carbocycles. The molecule has 4 aliphatic rings. The Kier molecular flexibility index (Phi) is 8.29. The number of nitrogens with zero attached hydrogens (tertiary/aromatic N) is 3.